The molecule has 0 fully saturated rings. The summed E-state index contributed by atoms with van der Waals surface area (Å²) in [5.41, 5.74) is 1.32. The summed E-state index contributed by atoms with van der Waals surface area (Å²) in [6.45, 7) is 4.55. The average Bonchev–Trinajstić information content (AvgIpc) is 1.89. The molecule has 0 amide bonds. The number of aliphatic hydroxyl groups excluding tert-OH is 1. The maximum atomic E-state index is 8.55. The first-order valence-corrected chi connectivity index (χ1v) is 4.07. The second-order valence-corrected chi connectivity index (χ2v) is 2.67. The van der Waals surface area contributed by atoms with E-state index in [1.807, 2.05) is 0 Å². The van der Waals surface area contributed by atoms with Crippen molar-refractivity contribution in [1.29, 1.82) is 0 Å². The van der Waals surface area contributed by atoms with Gasteiger partial charge in [0, 0.05) is 6.61 Å². The predicted molar refractivity (Wildman–Crippen MR) is 45.0 cm³/mol. The van der Waals surface area contributed by atoms with Gasteiger partial charge in [0.2, 0.25) is 0 Å². The Kier molecular flexibility index (Phi) is 6.61. The molecule has 0 spiro atoms. The predicted octanol–water partition coefficient (Wildman–Crippen LogP) is 2.51. The molecule has 0 aliphatic rings. The van der Waals surface area contributed by atoms with Crippen LogP contribution < -0.4 is 0 Å². The maximum absolute atomic E-state index is 8.55. The van der Waals surface area contributed by atoms with Crippen LogP contribution in [0.2, 0.25) is 0 Å². The van der Waals surface area contributed by atoms with Crippen molar-refractivity contribution in [2.24, 2.45) is 0 Å². The third-order valence-corrected chi connectivity index (χ3v) is 1.56. The summed E-state index contributed by atoms with van der Waals surface area (Å²) >= 11 is 0. The molecule has 0 heterocycles. The van der Waals surface area contributed by atoms with Crippen LogP contribution in [0.5, 0.6) is 0 Å². The summed E-state index contributed by atoms with van der Waals surface area (Å²) in [5, 5.41) is 8.55. The average molecular weight is 142 g/mol. The van der Waals surface area contributed by atoms with E-state index >= 15 is 0 Å². The van der Waals surface area contributed by atoms with E-state index in [0.717, 1.165) is 6.42 Å². The molecule has 1 N–H and O–H groups in total. The Labute approximate surface area is 63.8 Å². The van der Waals surface area contributed by atoms with E-state index in [0.29, 0.717) is 0 Å². The molecule has 0 atom stereocenters. The molecule has 0 aromatic heterocycles. The molecular formula is C9H18O. The van der Waals surface area contributed by atoms with Crippen molar-refractivity contribution >= 4 is 0 Å². The number of allylic oxidation sites excluding steroid dienone is 1. The van der Waals surface area contributed by atoms with Crippen molar-refractivity contribution in [2.45, 2.75) is 39.5 Å². The quantitative estimate of drug-likeness (QED) is 0.462. The molecule has 0 rings (SSSR count). The Morgan fingerprint density at radius 2 is 2.20 bits per heavy atom. The number of hydrogen-bond acceptors (Lipinski definition) is 1. The lowest BCUT2D eigenvalue weighted by atomic mass is 10.1. The van der Waals surface area contributed by atoms with Crippen molar-refractivity contribution in [2.75, 3.05) is 6.61 Å². The minimum Gasteiger partial charge on any atom is -0.396 e. The summed E-state index contributed by atoms with van der Waals surface area (Å²) in [4.78, 5) is 0. The number of unbranched alkanes of at least 4 members (excludes halogenated alkanes) is 2. The molecule has 0 saturated carbocycles. The topological polar surface area (TPSA) is 20.2 Å². The van der Waals surface area contributed by atoms with Crippen molar-refractivity contribution in [3.05, 3.63) is 11.6 Å². The highest BCUT2D eigenvalue weighted by atomic mass is 16.2. The molecule has 0 aliphatic carbocycles. The van der Waals surface area contributed by atoms with Gasteiger partial charge in [-0.3, -0.25) is 0 Å². The molecule has 1 nitrogen and oxygen atoms in total. The fourth-order valence-electron chi connectivity index (χ4n) is 0.831. The second kappa shape index (κ2) is 6.81. The molecule has 0 aromatic carbocycles. The third kappa shape index (κ3) is 5.83. The lowest BCUT2D eigenvalue weighted by Gasteiger charge is -1.95. The van der Waals surface area contributed by atoms with Gasteiger partial charge in [-0.1, -0.05) is 31.4 Å². The summed E-state index contributed by atoms with van der Waals surface area (Å²) < 4.78 is 0. The number of hydrogen-bond donors (Lipinski definition) is 1. The highest BCUT2D eigenvalue weighted by Crippen LogP contribution is 2.03. The van der Waals surface area contributed by atoms with Gasteiger partial charge in [0.15, 0.2) is 0 Å². The Hall–Kier alpha value is -0.300. The second-order valence-electron chi connectivity index (χ2n) is 2.67. The molecule has 0 aromatic rings. The van der Waals surface area contributed by atoms with Gasteiger partial charge in [0.25, 0.3) is 0 Å². The van der Waals surface area contributed by atoms with Crippen LogP contribution in [-0.4, -0.2) is 11.7 Å². The molecule has 1 heteroatoms. The lowest BCUT2D eigenvalue weighted by molar-refractivity contribution is 0.299. The Bertz CT molecular complexity index is 94.9. The van der Waals surface area contributed by atoms with E-state index in [1.165, 1.54) is 24.8 Å². The van der Waals surface area contributed by atoms with E-state index in [4.69, 9.17) is 5.11 Å². The van der Waals surface area contributed by atoms with Gasteiger partial charge < -0.3 is 5.11 Å². The van der Waals surface area contributed by atoms with Crippen LogP contribution in [-0.2, 0) is 0 Å². The Morgan fingerprint density at radius 1 is 1.50 bits per heavy atom. The Morgan fingerprint density at radius 3 is 2.70 bits per heavy atom. The minimum atomic E-state index is 0.286. The highest BCUT2D eigenvalue weighted by molar-refractivity contribution is 4.97. The van der Waals surface area contributed by atoms with Crippen LogP contribution >= 0.6 is 0 Å². The summed E-state index contributed by atoms with van der Waals surface area (Å²) in [5.74, 6) is 0. The van der Waals surface area contributed by atoms with Crippen LogP contribution in [0.4, 0.5) is 0 Å². The lowest BCUT2D eigenvalue weighted by Crippen LogP contribution is -1.83. The van der Waals surface area contributed by atoms with Gasteiger partial charge in [-0.25, -0.2) is 0 Å². The fourth-order valence-corrected chi connectivity index (χ4v) is 0.831. The molecule has 0 aliphatic heterocycles. The van der Waals surface area contributed by atoms with Gasteiger partial charge >= 0.3 is 0 Å². The molecule has 60 valence electrons. The van der Waals surface area contributed by atoms with Gasteiger partial charge in [-0.15, -0.1) is 0 Å². The van der Waals surface area contributed by atoms with Crippen molar-refractivity contribution in [1.82, 2.24) is 0 Å². The van der Waals surface area contributed by atoms with E-state index in [-0.39, 0.29) is 6.61 Å². The molecule has 0 saturated heterocycles. The van der Waals surface area contributed by atoms with Crippen LogP contribution in [0.3, 0.4) is 0 Å². The Balaban J connectivity index is 3.28. The number of rotatable bonds is 5. The first kappa shape index (κ1) is 9.70. The summed E-state index contributed by atoms with van der Waals surface area (Å²) in [6.07, 6.45) is 6.75. The van der Waals surface area contributed by atoms with E-state index in [9.17, 15) is 0 Å². The van der Waals surface area contributed by atoms with Gasteiger partial charge in [-0.05, 0) is 19.8 Å². The zero-order chi connectivity index (χ0) is 7.82. The molecular weight excluding hydrogens is 124 g/mol. The smallest absolute Gasteiger partial charge is 0.0468 e. The van der Waals surface area contributed by atoms with Gasteiger partial charge in [0.1, 0.15) is 0 Å². The fraction of sp³-hybridized carbons (Fsp3) is 0.778. The zero-order valence-corrected chi connectivity index (χ0v) is 7.06. The van der Waals surface area contributed by atoms with Gasteiger partial charge in [-0.2, -0.15) is 0 Å². The van der Waals surface area contributed by atoms with Crippen molar-refractivity contribution in [3.8, 4) is 0 Å². The van der Waals surface area contributed by atoms with Crippen LogP contribution in [0.25, 0.3) is 0 Å². The largest absolute Gasteiger partial charge is 0.396 e. The standard InChI is InChI=1S/C9H18O/c1-3-4-5-6-9(2)7-8-10/h6,10H,3-5,7-8H2,1-2H3. The highest BCUT2D eigenvalue weighted by Gasteiger charge is 1.86. The summed E-state index contributed by atoms with van der Waals surface area (Å²) in [6, 6.07) is 0. The maximum Gasteiger partial charge on any atom is 0.0468 e. The summed E-state index contributed by atoms with van der Waals surface area (Å²) in [7, 11) is 0. The van der Waals surface area contributed by atoms with E-state index in [2.05, 4.69) is 19.9 Å². The van der Waals surface area contributed by atoms with E-state index < -0.39 is 0 Å². The SMILES string of the molecule is CCCCC=C(C)CCO. The normalized spacial score (nSPS) is 12.1. The molecule has 0 bridgehead atoms. The molecule has 0 unspecified atom stereocenters. The van der Waals surface area contributed by atoms with Crippen LogP contribution in [0.1, 0.15) is 39.5 Å². The molecule has 0 radical (unpaired) electrons. The first-order chi connectivity index (χ1) is 4.81. The van der Waals surface area contributed by atoms with Gasteiger partial charge in [0.05, 0.1) is 0 Å². The van der Waals surface area contributed by atoms with E-state index in [1.54, 1.807) is 0 Å². The van der Waals surface area contributed by atoms with Crippen LogP contribution in [0, 0.1) is 0 Å². The van der Waals surface area contributed by atoms with Crippen molar-refractivity contribution in [3.63, 3.8) is 0 Å². The monoisotopic (exact) mass is 142 g/mol. The third-order valence-electron chi connectivity index (χ3n) is 1.56. The molecule has 10 heavy (non-hydrogen) atoms. The minimum absolute atomic E-state index is 0.286. The first-order valence-electron chi connectivity index (χ1n) is 4.07. The van der Waals surface area contributed by atoms with Crippen LogP contribution in [0.15, 0.2) is 11.6 Å². The zero-order valence-electron chi connectivity index (χ0n) is 7.06. The number of aliphatic hydroxyl groups is 1. The van der Waals surface area contributed by atoms with Crippen molar-refractivity contribution < 1.29 is 5.11 Å².